The van der Waals surface area contributed by atoms with Crippen LogP contribution in [0.25, 0.3) is 0 Å². The summed E-state index contributed by atoms with van der Waals surface area (Å²) in [5.74, 6) is 0.927. The number of hydrogen-bond donors (Lipinski definition) is 2. The number of nitrogens with two attached hydrogens (primary N) is 1. The van der Waals surface area contributed by atoms with E-state index in [0.29, 0.717) is 17.1 Å². The lowest BCUT2D eigenvalue weighted by molar-refractivity contribution is 0.494. The van der Waals surface area contributed by atoms with Crippen LogP contribution >= 0.6 is 0 Å². The van der Waals surface area contributed by atoms with Crippen molar-refractivity contribution in [3.05, 3.63) is 17.1 Å². The second-order valence-electron chi connectivity index (χ2n) is 2.93. The molecule has 1 aromatic rings. The van der Waals surface area contributed by atoms with E-state index in [1.54, 1.807) is 13.8 Å². The summed E-state index contributed by atoms with van der Waals surface area (Å²) in [6, 6.07) is 0. The zero-order valence-electron chi connectivity index (χ0n) is 8.42. The van der Waals surface area contributed by atoms with E-state index < -0.39 is 10.0 Å². The van der Waals surface area contributed by atoms with Gasteiger partial charge in [-0.15, -0.1) is 0 Å². The summed E-state index contributed by atoms with van der Waals surface area (Å²) in [7, 11) is -2.12. The van der Waals surface area contributed by atoms with Crippen LogP contribution in [0.4, 0.5) is 0 Å². The molecule has 0 atom stereocenters. The van der Waals surface area contributed by atoms with Crippen LogP contribution in [0.15, 0.2) is 9.31 Å². The highest BCUT2D eigenvalue weighted by Crippen LogP contribution is 2.25. The maximum absolute atomic E-state index is 11.6. The van der Waals surface area contributed by atoms with Gasteiger partial charge in [0.05, 0.1) is 0 Å². The standard InChI is InChI=1S/C8H14N2O3S/c1-5-7(4-9)8(6(2)13-5)14(11,12)10-3/h10H,4,9H2,1-3H3. The average Bonchev–Trinajstić information content (AvgIpc) is 2.40. The minimum atomic E-state index is -3.47. The number of nitrogens with one attached hydrogen (secondary N) is 1. The zero-order chi connectivity index (χ0) is 10.9. The fraction of sp³-hybridized carbons (Fsp3) is 0.500. The predicted molar refractivity (Wildman–Crippen MR) is 52.3 cm³/mol. The smallest absolute Gasteiger partial charge is 0.244 e. The molecule has 0 aliphatic carbocycles. The number of sulfonamides is 1. The third kappa shape index (κ3) is 1.68. The Morgan fingerprint density at radius 3 is 2.36 bits per heavy atom. The number of rotatable bonds is 3. The first-order chi connectivity index (χ1) is 6.44. The maximum Gasteiger partial charge on any atom is 0.244 e. The highest BCUT2D eigenvalue weighted by atomic mass is 32.2. The van der Waals surface area contributed by atoms with Crippen LogP contribution in [0.1, 0.15) is 17.1 Å². The first kappa shape index (κ1) is 11.2. The molecule has 0 unspecified atom stereocenters. The first-order valence-electron chi connectivity index (χ1n) is 4.16. The molecule has 0 fully saturated rings. The minimum Gasteiger partial charge on any atom is -0.465 e. The molecule has 3 N–H and O–H groups in total. The molecule has 0 saturated heterocycles. The Bertz CT molecular complexity index is 434. The Hall–Kier alpha value is -0.850. The summed E-state index contributed by atoms with van der Waals surface area (Å²) >= 11 is 0. The lowest BCUT2D eigenvalue weighted by Gasteiger charge is -2.02. The van der Waals surface area contributed by atoms with Crippen LogP contribution in [0.3, 0.4) is 0 Å². The van der Waals surface area contributed by atoms with Gasteiger partial charge in [-0.3, -0.25) is 0 Å². The van der Waals surface area contributed by atoms with Crippen LogP contribution in [0.5, 0.6) is 0 Å². The Balaban J connectivity index is 3.48. The molecule has 14 heavy (non-hydrogen) atoms. The zero-order valence-corrected chi connectivity index (χ0v) is 9.23. The second-order valence-corrected chi connectivity index (χ2v) is 4.76. The highest BCUT2D eigenvalue weighted by molar-refractivity contribution is 7.89. The monoisotopic (exact) mass is 218 g/mol. The van der Waals surface area contributed by atoms with Gasteiger partial charge < -0.3 is 10.2 Å². The van der Waals surface area contributed by atoms with Crippen LogP contribution in [0.2, 0.25) is 0 Å². The van der Waals surface area contributed by atoms with E-state index in [1.807, 2.05) is 0 Å². The lowest BCUT2D eigenvalue weighted by atomic mass is 10.2. The first-order valence-corrected chi connectivity index (χ1v) is 5.64. The van der Waals surface area contributed by atoms with Gasteiger partial charge in [0.25, 0.3) is 0 Å². The molecular formula is C8H14N2O3S. The SMILES string of the molecule is CNS(=O)(=O)c1c(C)oc(C)c1CN. The molecule has 0 saturated carbocycles. The summed E-state index contributed by atoms with van der Waals surface area (Å²) in [4.78, 5) is 0.167. The Morgan fingerprint density at radius 1 is 1.36 bits per heavy atom. The van der Waals surface area contributed by atoms with E-state index in [1.165, 1.54) is 7.05 Å². The fourth-order valence-corrected chi connectivity index (χ4v) is 2.58. The van der Waals surface area contributed by atoms with Gasteiger partial charge in [-0.1, -0.05) is 0 Å². The summed E-state index contributed by atoms with van der Waals surface area (Å²) in [6.07, 6.45) is 0. The maximum atomic E-state index is 11.6. The van der Waals surface area contributed by atoms with Crippen molar-refractivity contribution >= 4 is 10.0 Å². The molecule has 0 aromatic carbocycles. The van der Waals surface area contributed by atoms with Crippen molar-refractivity contribution in [2.75, 3.05) is 7.05 Å². The Kier molecular flexibility index (Phi) is 2.98. The van der Waals surface area contributed by atoms with Crippen molar-refractivity contribution in [1.82, 2.24) is 4.72 Å². The van der Waals surface area contributed by atoms with Gasteiger partial charge >= 0.3 is 0 Å². The quantitative estimate of drug-likeness (QED) is 0.762. The molecule has 1 aromatic heterocycles. The summed E-state index contributed by atoms with van der Waals surface area (Å²) in [5, 5.41) is 0. The summed E-state index contributed by atoms with van der Waals surface area (Å²) in [6.45, 7) is 3.46. The van der Waals surface area contributed by atoms with Crippen molar-refractivity contribution in [2.45, 2.75) is 25.3 Å². The van der Waals surface area contributed by atoms with Gasteiger partial charge in [0, 0.05) is 12.1 Å². The van der Waals surface area contributed by atoms with Crippen molar-refractivity contribution < 1.29 is 12.8 Å². The molecule has 0 aliphatic heterocycles. The number of hydrogen-bond acceptors (Lipinski definition) is 4. The molecule has 0 radical (unpaired) electrons. The Labute approximate surface area is 83.3 Å². The van der Waals surface area contributed by atoms with E-state index in [9.17, 15) is 8.42 Å². The van der Waals surface area contributed by atoms with E-state index >= 15 is 0 Å². The normalized spacial score (nSPS) is 12.0. The van der Waals surface area contributed by atoms with Gasteiger partial charge in [-0.2, -0.15) is 0 Å². The van der Waals surface area contributed by atoms with E-state index in [2.05, 4.69) is 4.72 Å². The molecular weight excluding hydrogens is 204 g/mol. The Morgan fingerprint density at radius 2 is 1.93 bits per heavy atom. The second kappa shape index (κ2) is 3.72. The molecule has 1 heterocycles. The van der Waals surface area contributed by atoms with E-state index in [0.717, 1.165) is 0 Å². The van der Waals surface area contributed by atoms with Crippen LogP contribution < -0.4 is 10.5 Å². The predicted octanol–water partition coefficient (Wildman–Crippen LogP) is 0.263. The summed E-state index contributed by atoms with van der Waals surface area (Å²) in [5.41, 5.74) is 6.00. The fourth-order valence-electron chi connectivity index (χ4n) is 1.40. The van der Waals surface area contributed by atoms with Crippen LogP contribution in [-0.4, -0.2) is 15.5 Å². The molecule has 0 bridgehead atoms. The van der Waals surface area contributed by atoms with E-state index in [4.69, 9.17) is 10.2 Å². The molecule has 5 nitrogen and oxygen atoms in total. The number of aryl methyl sites for hydroxylation is 2. The average molecular weight is 218 g/mol. The van der Waals surface area contributed by atoms with Gasteiger partial charge in [0.1, 0.15) is 16.4 Å². The molecule has 1 rings (SSSR count). The van der Waals surface area contributed by atoms with Crippen molar-refractivity contribution in [1.29, 1.82) is 0 Å². The minimum absolute atomic E-state index is 0.152. The van der Waals surface area contributed by atoms with Crippen molar-refractivity contribution in [2.24, 2.45) is 5.73 Å². The molecule has 80 valence electrons. The highest BCUT2D eigenvalue weighted by Gasteiger charge is 2.24. The molecule has 0 spiro atoms. The third-order valence-corrected chi connectivity index (χ3v) is 3.68. The van der Waals surface area contributed by atoms with Gasteiger partial charge in [-0.25, -0.2) is 13.1 Å². The largest absolute Gasteiger partial charge is 0.465 e. The van der Waals surface area contributed by atoms with Crippen LogP contribution in [-0.2, 0) is 16.6 Å². The van der Waals surface area contributed by atoms with E-state index in [-0.39, 0.29) is 11.4 Å². The summed E-state index contributed by atoms with van der Waals surface area (Å²) < 4.78 is 30.6. The van der Waals surface area contributed by atoms with Crippen molar-refractivity contribution in [3.8, 4) is 0 Å². The van der Waals surface area contributed by atoms with Crippen molar-refractivity contribution in [3.63, 3.8) is 0 Å². The molecule has 6 heteroatoms. The molecule has 0 aliphatic rings. The molecule has 0 amide bonds. The van der Waals surface area contributed by atoms with Gasteiger partial charge in [0.15, 0.2) is 0 Å². The third-order valence-electron chi connectivity index (χ3n) is 2.07. The topological polar surface area (TPSA) is 85.3 Å². The van der Waals surface area contributed by atoms with Crippen LogP contribution in [0, 0.1) is 13.8 Å². The number of furan rings is 1. The van der Waals surface area contributed by atoms with Gasteiger partial charge in [-0.05, 0) is 20.9 Å². The lowest BCUT2D eigenvalue weighted by Crippen LogP contribution is -2.21. The van der Waals surface area contributed by atoms with Gasteiger partial charge in [0.2, 0.25) is 10.0 Å².